The fourth-order valence-electron chi connectivity index (χ4n) is 3.57. The van der Waals surface area contributed by atoms with Gasteiger partial charge in [-0.05, 0) is 55.4 Å². The molecule has 3 heteroatoms. The molecule has 0 N–H and O–H groups in total. The van der Waals surface area contributed by atoms with Crippen LogP contribution in [0.4, 0.5) is 0 Å². The normalized spacial score (nSPS) is 22.9. The summed E-state index contributed by atoms with van der Waals surface area (Å²) in [6, 6.07) is 7.94. The molecule has 0 saturated carbocycles. The highest BCUT2D eigenvalue weighted by molar-refractivity contribution is 5.87. The average molecular weight is 285 g/mol. The highest BCUT2D eigenvalue weighted by Gasteiger charge is 2.33. The van der Waals surface area contributed by atoms with Crippen LogP contribution >= 0.6 is 0 Å². The largest absolute Gasteiger partial charge is 0.497 e. The van der Waals surface area contributed by atoms with Crippen molar-refractivity contribution in [3.05, 3.63) is 41.1 Å². The molecule has 0 saturated heterocycles. The zero-order valence-electron chi connectivity index (χ0n) is 12.9. The van der Waals surface area contributed by atoms with Crippen molar-refractivity contribution in [2.24, 2.45) is 0 Å². The van der Waals surface area contributed by atoms with E-state index in [4.69, 9.17) is 4.74 Å². The summed E-state index contributed by atoms with van der Waals surface area (Å²) in [4.78, 5) is 14.7. The molecule has 21 heavy (non-hydrogen) atoms. The number of likely N-dealkylation sites (N-methyl/N-ethyl adjacent to an activating group) is 1. The van der Waals surface area contributed by atoms with E-state index in [2.05, 4.69) is 0 Å². The monoisotopic (exact) mass is 285 g/mol. The minimum absolute atomic E-state index is 0.0538. The van der Waals surface area contributed by atoms with Crippen LogP contribution in [0.1, 0.15) is 50.0 Å². The molecule has 0 spiro atoms. The molecule has 112 valence electrons. The topological polar surface area (TPSA) is 29.5 Å². The Balaban J connectivity index is 1.93. The number of amides is 1. The van der Waals surface area contributed by atoms with Crippen molar-refractivity contribution in [2.45, 2.75) is 44.4 Å². The number of hydrogen-bond acceptors (Lipinski definition) is 2. The SMILES string of the molecule is COc1cccc(C2CC3=C(CCCCC3)N(C)C2=O)c1. The minimum atomic E-state index is -0.0538. The number of hydrogen-bond donors (Lipinski definition) is 0. The van der Waals surface area contributed by atoms with Crippen LogP contribution in [0.2, 0.25) is 0 Å². The van der Waals surface area contributed by atoms with Crippen molar-refractivity contribution in [1.82, 2.24) is 4.90 Å². The summed E-state index contributed by atoms with van der Waals surface area (Å²) in [6.07, 6.45) is 6.83. The zero-order valence-corrected chi connectivity index (χ0v) is 12.9. The third kappa shape index (κ3) is 2.69. The van der Waals surface area contributed by atoms with Crippen LogP contribution in [0.25, 0.3) is 0 Å². The lowest BCUT2D eigenvalue weighted by Crippen LogP contribution is -2.36. The van der Waals surface area contributed by atoms with E-state index < -0.39 is 0 Å². The fourth-order valence-corrected chi connectivity index (χ4v) is 3.57. The van der Waals surface area contributed by atoms with Crippen molar-refractivity contribution in [1.29, 1.82) is 0 Å². The van der Waals surface area contributed by atoms with Gasteiger partial charge in [-0.1, -0.05) is 18.6 Å². The summed E-state index contributed by atoms with van der Waals surface area (Å²) in [5.74, 6) is 0.995. The molecule has 0 fully saturated rings. The Hall–Kier alpha value is -1.77. The molecule has 1 aliphatic heterocycles. The van der Waals surface area contributed by atoms with Crippen LogP contribution in [0.15, 0.2) is 35.5 Å². The quantitative estimate of drug-likeness (QED) is 0.825. The van der Waals surface area contributed by atoms with Gasteiger partial charge in [-0.3, -0.25) is 4.79 Å². The van der Waals surface area contributed by atoms with Gasteiger partial charge in [0.15, 0.2) is 0 Å². The molecule has 2 aliphatic rings. The lowest BCUT2D eigenvalue weighted by Gasteiger charge is -2.34. The van der Waals surface area contributed by atoms with Gasteiger partial charge in [-0.15, -0.1) is 0 Å². The van der Waals surface area contributed by atoms with E-state index in [0.717, 1.165) is 30.6 Å². The maximum atomic E-state index is 12.7. The van der Waals surface area contributed by atoms with E-state index in [1.54, 1.807) is 7.11 Å². The van der Waals surface area contributed by atoms with E-state index in [-0.39, 0.29) is 11.8 Å². The smallest absolute Gasteiger partial charge is 0.234 e. The molecule has 1 heterocycles. The number of carbonyl (C=O) groups excluding carboxylic acids is 1. The van der Waals surface area contributed by atoms with Gasteiger partial charge in [0.05, 0.1) is 13.0 Å². The number of nitrogens with zero attached hydrogens (tertiary/aromatic N) is 1. The lowest BCUT2D eigenvalue weighted by molar-refractivity contribution is -0.130. The lowest BCUT2D eigenvalue weighted by atomic mass is 9.85. The molecule has 1 atom stereocenters. The minimum Gasteiger partial charge on any atom is -0.497 e. The van der Waals surface area contributed by atoms with E-state index in [1.807, 2.05) is 36.2 Å². The Bertz CT molecular complexity index is 576. The van der Waals surface area contributed by atoms with Crippen LogP contribution < -0.4 is 4.74 Å². The number of rotatable bonds is 2. The molecular formula is C18H23NO2. The maximum Gasteiger partial charge on any atom is 0.234 e. The molecule has 1 aromatic carbocycles. The van der Waals surface area contributed by atoms with E-state index >= 15 is 0 Å². The first-order chi connectivity index (χ1) is 10.2. The van der Waals surface area contributed by atoms with Gasteiger partial charge < -0.3 is 9.64 Å². The molecule has 1 unspecified atom stereocenters. The second-order valence-electron chi connectivity index (χ2n) is 6.04. The van der Waals surface area contributed by atoms with Crippen molar-refractivity contribution in [3.8, 4) is 5.75 Å². The van der Waals surface area contributed by atoms with Crippen molar-refractivity contribution >= 4 is 5.91 Å². The molecular weight excluding hydrogens is 262 g/mol. The zero-order chi connectivity index (χ0) is 14.8. The predicted octanol–water partition coefficient (Wildman–Crippen LogP) is 3.86. The average Bonchev–Trinajstić information content (AvgIpc) is 2.76. The third-order valence-corrected chi connectivity index (χ3v) is 4.78. The number of carbonyl (C=O) groups is 1. The van der Waals surface area contributed by atoms with Gasteiger partial charge >= 0.3 is 0 Å². The van der Waals surface area contributed by atoms with Gasteiger partial charge in [0, 0.05) is 12.7 Å². The third-order valence-electron chi connectivity index (χ3n) is 4.78. The van der Waals surface area contributed by atoms with Gasteiger partial charge in [0.1, 0.15) is 5.75 Å². The van der Waals surface area contributed by atoms with Gasteiger partial charge in [-0.2, -0.15) is 0 Å². The first-order valence-electron chi connectivity index (χ1n) is 7.83. The first-order valence-corrected chi connectivity index (χ1v) is 7.83. The van der Waals surface area contributed by atoms with Crippen LogP contribution in [-0.2, 0) is 4.79 Å². The molecule has 0 aromatic heterocycles. The van der Waals surface area contributed by atoms with Gasteiger partial charge in [0.2, 0.25) is 5.91 Å². The van der Waals surface area contributed by atoms with Crippen molar-refractivity contribution in [3.63, 3.8) is 0 Å². The summed E-state index contributed by atoms with van der Waals surface area (Å²) in [6.45, 7) is 0. The Morgan fingerprint density at radius 1 is 1.19 bits per heavy atom. The first kappa shape index (κ1) is 14.2. The van der Waals surface area contributed by atoms with E-state index in [0.29, 0.717) is 0 Å². The molecule has 0 bridgehead atoms. The summed E-state index contributed by atoms with van der Waals surface area (Å²) in [5, 5.41) is 0. The summed E-state index contributed by atoms with van der Waals surface area (Å²) < 4.78 is 5.30. The number of ether oxygens (including phenoxy) is 1. The molecule has 0 radical (unpaired) electrons. The molecule has 1 aromatic rings. The predicted molar refractivity (Wildman–Crippen MR) is 83.2 cm³/mol. The second kappa shape index (κ2) is 5.92. The summed E-state index contributed by atoms with van der Waals surface area (Å²) >= 11 is 0. The molecule has 1 aliphatic carbocycles. The Morgan fingerprint density at radius 2 is 2.00 bits per heavy atom. The van der Waals surface area contributed by atoms with Crippen molar-refractivity contribution < 1.29 is 9.53 Å². The molecule has 1 amide bonds. The number of benzene rings is 1. The van der Waals surface area contributed by atoms with Crippen LogP contribution in [0, 0.1) is 0 Å². The van der Waals surface area contributed by atoms with E-state index in [9.17, 15) is 4.79 Å². The van der Waals surface area contributed by atoms with Crippen LogP contribution in [-0.4, -0.2) is 25.0 Å². The van der Waals surface area contributed by atoms with Gasteiger partial charge in [0.25, 0.3) is 0 Å². The Kier molecular flexibility index (Phi) is 4.00. The fraction of sp³-hybridized carbons (Fsp3) is 0.500. The molecule has 3 nitrogen and oxygen atoms in total. The summed E-state index contributed by atoms with van der Waals surface area (Å²) in [7, 11) is 3.61. The molecule has 3 rings (SSSR count). The second-order valence-corrected chi connectivity index (χ2v) is 6.04. The maximum absolute atomic E-state index is 12.7. The van der Waals surface area contributed by atoms with Crippen LogP contribution in [0.3, 0.4) is 0 Å². The van der Waals surface area contributed by atoms with Crippen LogP contribution in [0.5, 0.6) is 5.75 Å². The highest BCUT2D eigenvalue weighted by atomic mass is 16.5. The van der Waals surface area contributed by atoms with Crippen molar-refractivity contribution in [2.75, 3.05) is 14.2 Å². The van der Waals surface area contributed by atoms with E-state index in [1.165, 1.54) is 30.5 Å². The highest BCUT2D eigenvalue weighted by Crippen LogP contribution is 2.39. The summed E-state index contributed by atoms with van der Waals surface area (Å²) in [5.41, 5.74) is 3.85. The Labute approximate surface area is 126 Å². The standard InChI is InChI=1S/C18H23NO2/c1-19-17-10-5-3-4-7-14(17)12-16(18(19)20)13-8-6-9-15(11-13)21-2/h6,8-9,11,16H,3-5,7,10,12H2,1-2H3. The van der Waals surface area contributed by atoms with Gasteiger partial charge in [-0.25, -0.2) is 0 Å². The Morgan fingerprint density at radius 3 is 2.81 bits per heavy atom. The number of allylic oxidation sites excluding steroid dienone is 2. The number of methoxy groups -OCH3 is 1.